The number of carbonyl (C=O) groups excluding carboxylic acids is 3. The molecule has 0 aliphatic carbocycles. The van der Waals surface area contributed by atoms with Gasteiger partial charge in [-0.05, 0) is 81.8 Å². The van der Waals surface area contributed by atoms with Gasteiger partial charge in [-0.25, -0.2) is 0 Å². The average molecular weight is 844 g/mol. The lowest BCUT2D eigenvalue weighted by atomic mass is 9.77. The largest absolute Gasteiger partial charge is 0.466 e. The van der Waals surface area contributed by atoms with Crippen molar-refractivity contribution in [2.75, 3.05) is 27.8 Å². The number of ether oxygens (including phenoxy) is 10. The molecule has 19 atom stereocenters. The maximum absolute atomic E-state index is 14.5. The van der Waals surface area contributed by atoms with Gasteiger partial charge in [-0.2, -0.15) is 0 Å². The molecule has 0 amide bonds. The van der Waals surface area contributed by atoms with Crippen LogP contribution in [0.25, 0.3) is 0 Å². The molecule has 0 unspecified atom stereocenters. The predicted molar refractivity (Wildman–Crippen MR) is 211 cm³/mol. The molecule has 5 saturated heterocycles. The van der Waals surface area contributed by atoms with Crippen molar-refractivity contribution in [2.45, 2.75) is 205 Å². The second-order valence-corrected chi connectivity index (χ2v) is 18.7. The molecule has 16 nitrogen and oxygen atoms in total. The first-order chi connectivity index (χ1) is 27.5. The summed E-state index contributed by atoms with van der Waals surface area (Å²) in [6, 6.07) is -0.337. The van der Waals surface area contributed by atoms with Crippen molar-refractivity contribution in [3.63, 3.8) is 0 Å². The Balaban J connectivity index is 1.61. The van der Waals surface area contributed by atoms with Crippen molar-refractivity contribution in [2.24, 2.45) is 23.7 Å². The van der Waals surface area contributed by atoms with Gasteiger partial charge in [0.25, 0.3) is 0 Å². The molecule has 0 aromatic heterocycles. The molecule has 0 aromatic carbocycles. The third-order valence-corrected chi connectivity index (χ3v) is 14.0. The highest BCUT2D eigenvalue weighted by atomic mass is 16.8. The molecular formula is C43H73NO15. The van der Waals surface area contributed by atoms with Gasteiger partial charge in [-0.1, -0.05) is 27.7 Å². The van der Waals surface area contributed by atoms with Gasteiger partial charge in [-0.15, -0.1) is 0 Å². The van der Waals surface area contributed by atoms with Gasteiger partial charge in [0.1, 0.15) is 17.8 Å². The van der Waals surface area contributed by atoms with Crippen LogP contribution in [0.4, 0.5) is 0 Å². The van der Waals surface area contributed by atoms with Crippen molar-refractivity contribution in [3.05, 3.63) is 0 Å². The number of nitrogens with zero attached hydrogens (tertiary/aromatic N) is 1. The van der Waals surface area contributed by atoms with Gasteiger partial charge in [0.2, 0.25) is 0 Å². The Labute approximate surface area is 350 Å². The topological polar surface area (TPSA) is 187 Å². The van der Waals surface area contributed by atoms with Gasteiger partial charge in [0.05, 0.1) is 73.1 Å². The van der Waals surface area contributed by atoms with Gasteiger partial charge < -0.3 is 62.5 Å². The first kappa shape index (κ1) is 48.0. The summed E-state index contributed by atoms with van der Waals surface area (Å²) in [7, 11) is 5.31. The highest BCUT2D eigenvalue weighted by Gasteiger charge is 2.71. The van der Waals surface area contributed by atoms with E-state index in [1.165, 1.54) is 7.11 Å². The van der Waals surface area contributed by atoms with E-state index in [-0.39, 0.29) is 43.9 Å². The van der Waals surface area contributed by atoms with Crippen molar-refractivity contribution in [1.82, 2.24) is 4.90 Å². The second-order valence-electron chi connectivity index (χ2n) is 18.7. The number of likely N-dealkylation sites (N-methyl/N-ethyl adjacent to an activating group) is 1. The molecule has 5 heterocycles. The summed E-state index contributed by atoms with van der Waals surface area (Å²) in [6.45, 7) is 20.5. The first-order valence-corrected chi connectivity index (χ1v) is 21.7. The lowest BCUT2D eigenvalue weighted by molar-refractivity contribution is -0.345. The molecule has 340 valence electrons. The van der Waals surface area contributed by atoms with E-state index in [0.717, 1.165) is 0 Å². The molecule has 59 heavy (non-hydrogen) atoms. The zero-order valence-electron chi connectivity index (χ0n) is 37.8. The van der Waals surface area contributed by atoms with Crippen molar-refractivity contribution < 1.29 is 72.0 Å². The zero-order chi connectivity index (χ0) is 44.0. The summed E-state index contributed by atoms with van der Waals surface area (Å²) in [6.07, 6.45) is -7.52. The summed E-state index contributed by atoms with van der Waals surface area (Å²) in [5, 5.41) is 23.0. The van der Waals surface area contributed by atoms with Crippen LogP contribution in [0.15, 0.2) is 0 Å². The molecule has 0 radical (unpaired) electrons. The quantitative estimate of drug-likeness (QED) is 0.213. The van der Waals surface area contributed by atoms with Crippen molar-refractivity contribution in [3.8, 4) is 0 Å². The fraction of sp³-hybridized carbons (Fsp3) is 0.930. The fourth-order valence-corrected chi connectivity index (χ4v) is 10.6. The Morgan fingerprint density at radius 3 is 2.15 bits per heavy atom. The molecule has 5 rings (SSSR count). The Bertz CT molecular complexity index is 1480. The molecule has 5 fully saturated rings. The van der Waals surface area contributed by atoms with E-state index < -0.39 is 114 Å². The fourth-order valence-electron chi connectivity index (χ4n) is 10.6. The predicted octanol–water partition coefficient (Wildman–Crippen LogP) is 3.88. The first-order valence-electron chi connectivity index (χ1n) is 21.7. The van der Waals surface area contributed by atoms with Gasteiger partial charge in [-0.3, -0.25) is 14.4 Å². The summed E-state index contributed by atoms with van der Waals surface area (Å²) < 4.78 is 64.4. The number of fused-ring (bicyclic) bond motifs is 2. The van der Waals surface area contributed by atoms with Crippen LogP contribution in [0.1, 0.15) is 115 Å². The molecule has 5 aliphatic rings. The number of aliphatic hydroxyl groups excluding tert-OH is 2. The minimum Gasteiger partial charge on any atom is -0.466 e. The van der Waals surface area contributed by atoms with E-state index >= 15 is 0 Å². The van der Waals surface area contributed by atoms with Crippen LogP contribution >= 0.6 is 0 Å². The van der Waals surface area contributed by atoms with Crippen LogP contribution in [-0.4, -0.2) is 151 Å². The van der Waals surface area contributed by atoms with E-state index in [2.05, 4.69) is 0 Å². The molecule has 1 spiro atoms. The zero-order valence-corrected chi connectivity index (χ0v) is 37.8. The lowest BCUT2D eigenvalue weighted by Gasteiger charge is -2.49. The van der Waals surface area contributed by atoms with Crippen LogP contribution in [0.3, 0.4) is 0 Å². The van der Waals surface area contributed by atoms with E-state index in [4.69, 9.17) is 47.4 Å². The van der Waals surface area contributed by atoms with E-state index in [1.54, 1.807) is 34.6 Å². The number of esters is 3. The van der Waals surface area contributed by atoms with Gasteiger partial charge in [0.15, 0.2) is 24.5 Å². The Hall–Kier alpha value is -1.99. The van der Waals surface area contributed by atoms with Gasteiger partial charge >= 0.3 is 17.9 Å². The smallest absolute Gasteiger partial charge is 0.311 e. The normalized spacial score (nSPS) is 47.9. The highest BCUT2D eigenvalue weighted by Crippen LogP contribution is 2.59. The summed E-state index contributed by atoms with van der Waals surface area (Å²) in [4.78, 5) is 42.0. The molecular weight excluding hydrogens is 770 g/mol. The van der Waals surface area contributed by atoms with Crippen LogP contribution in [0, 0.1) is 23.7 Å². The number of aliphatic hydroxyl groups is 2. The Morgan fingerprint density at radius 2 is 1.54 bits per heavy atom. The average Bonchev–Trinajstić information content (AvgIpc) is 3.55. The van der Waals surface area contributed by atoms with Crippen LogP contribution in [0.2, 0.25) is 0 Å². The number of hydrogen-bond acceptors (Lipinski definition) is 16. The summed E-state index contributed by atoms with van der Waals surface area (Å²) >= 11 is 0. The van der Waals surface area contributed by atoms with Crippen molar-refractivity contribution in [1.29, 1.82) is 0 Å². The molecule has 2 N–H and O–H groups in total. The van der Waals surface area contributed by atoms with Gasteiger partial charge in [0, 0.05) is 31.3 Å². The lowest BCUT2D eigenvalue weighted by Crippen LogP contribution is -2.61. The number of rotatable bonds is 12. The number of methoxy groups -OCH3 is 1. The minimum absolute atomic E-state index is 0.143. The second kappa shape index (κ2) is 18.4. The summed E-state index contributed by atoms with van der Waals surface area (Å²) in [5.74, 6) is -5.37. The standard InChI is InChI=1S/C43H73NO15/c1-15-29-42(11)35(47)26(7)43(59-42)22(3)20-41(10,58-43)37(24(5)33(25(6)38(49)54-29)56-32-21-40(9,50-14)36(48)27(8)53-32)57-39-34(28(44(12)13)19-23(4)52-39)55-31(46)18-17-30(45)51-16-2/h22-29,32-37,39,47-48H,15-21H2,1-14H3/t22-,23-,24+,25-,26-,27+,28+,29-,32+,33+,34-,35-,36+,37-,39+,40-,41-,42-,43+/m1/s1. The molecule has 0 aromatic rings. The van der Waals surface area contributed by atoms with E-state index in [0.29, 0.717) is 19.3 Å². The maximum Gasteiger partial charge on any atom is 0.311 e. The third kappa shape index (κ3) is 9.24. The Kier molecular flexibility index (Phi) is 15.0. The van der Waals surface area contributed by atoms with E-state index in [1.807, 2.05) is 60.5 Å². The minimum atomic E-state index is -1.32. The van der Waals surface area contributed by atoms with Crippen LogP contribution in [0.5, 0.6) is 0 Å². The number of cyclic esters (lactones) is 1. The highest BCUT2D eigenvalue weighted by molar-refractivity contribution is 5.77. The SMILES string of the molecule is CCOC(=O)CCC(=O)O[C@H]1[C@H](O[C@@H]2[C@@H](C)[C@H](O[C@H]3C[C@@](C)(OC)[C@@H](O)[C@H](C)O3)[C@@H](C)C(=O)O[C@H](CC)[C@@]3(C)O[C@]4(O[C@]2(C)C[C@H]4C)[C@H](C)[C@H]3O)O[C@H](C)C[C@@H]1N(C)C. The van der Waals surface area contributed by atoms with Crippen molar-refractivity contribution >= 4 is 17.9 Å². The van der Waals surface area contributed by atoms with E-state index in [9.17, 15) is 24.6 Å². The molecule has 0 saturated carbocycles. The molecule has 16 heteroatoms. The third-order valence-electron chi connectivity index (χ3n) is 14.0. The Morgan fingerprint density at radius 1 is 0.881 bits per heavy atom. The van der Waals surface area contributed by atoms with Crippen LogP contribution < -0.4 is 0 Å². The van der Waals surface area contributed by atoms with Crippen LogP contribution in [-0.2, 0) is 61.8 Å². The number of hydrogen-bond donors (Lipinski definition) is 2. The maximum atomic E-state index is 14.5. The number of carbonyl (C=O) groups is 3. The molecule has 3 bridgehead atoms. The summed E-state index contributed by atoms with van der Waals surface area (Å²) in [5.41, 5.74) is -3.48. The monoisotopic (exact) mass is 843 g/mol. The molecule has 5 aliphatic heterocycles.